The zero-order valence-corrected chi connectivity index (χ0v) is 15.1. The van der Waals surface area contributed by atoms with Crippen molar-refractivity contribution in [3.05, 3.63) is 84.2 Å². The van der Waals surface area contributed by atoms with Crippen LogP contribution in [-0.2, 0) is 16.0 Å². The van der Waals surface area contributed by atoms with Gasteiger partial charge in [-0.15, -0.1) is 0 Å². The van der Waals surface area contributed by atoms with Gasteiger partial charge in [-0.1, -0.05) is 49.0 Å². The van der Waals surface area contributed by atoms with Crippen LogP contribution in [-0.4, -0.2) is 29.8 Å². The van der Waals surface area contributed by atoms with Gasteiger partial charge in [-0.25, -0.2) is 4.39 Å². The van der Waals surface area contributed by atoms with Crippen molar-refractivity contribution in [2.24, 2.45) is 5.92 Å². The summed E-state index contributed by atoms with van der Waals surface area (Å²) in [5.41, 5.74) is 1.96. The lowest BCUT2D eigenvalue weighted by Crippen LogP contribution is -2.50. The third-order valence-electron chi connectivity index (χ3n) is 4.81. The van der Waals surface area contributed by atoms with E-state index in [2.05, 4.69) is 11.9 Å². The van der Waals surface area contributed by atoms with Crippen molar-refractivity contribution < 1.29 is 14.0 Å². The van der Waals surface area contributed by atoms with Gasteiger partial charge in [0.1, 0.15) is 5.82 Å². The smallest absolute Gasteiger partial charge is 0.245 e. The van der Waals surface area contributed by atoms with Crippen LogP contribution in [0.5, 0.6) is 0 Å². The first-order valence-corrected chi connectivity index (χ1v) is 9.05. The third-order valence-corrected chi connectivity index (χ3v) is 4.81. The minimum absolute atomic E-state index is 0.0401. The van der Waals surface area contributed by atoms with Crippen molar-refractivity contribution in [1.29, 1.82) is 0 Å². The molecule has 2 aromatic carbocycles. The van der Waals surface area contributed by atoms with E-state index in [0.717, 1.165) is 11.1 Å². The number of benzene rings is 2. The van der Waals surface area contributed by atoms with Crippen LogP contribution < -0.4 is 5.32 Å². The minimum atomic E-state index is -0.275. The molecule has 2 aromatic rings. The van der Waals surface area contributed by atoms with Crippen LogP contribution in [0.15, 0.2) is 67.3 Å². The van der Waals surface area contributed by atoms with E-state index in [4.69, 9.17) is 0 Å². The molecule has 3 rings (SSSR count). The van der Waals surface area contributed by atoms with Gasteiger partial charge in [-0.05, 0) is 35.8 Å². The lowest BCUT2D eigenvalue weighted by Gasteiger charge is -2.38. The Morgan fingerprint density at radius 2 is 1.81 bits per heavy atom. The standard InChI is InChI=1S/C22H23FN2O2/c1-2-22(27)25-14-17(15-25)13-21(26)24-20(18-6-4-3-5-7-18)12-16-8-10-19(23)11-9-16/h2-11,17,20H,1,12-15H2,(H,24,26). The molecular formula is C22H23FN2O2. The lowest BCUT2D eigenvalue weighted by molar-refractivity contribution is -0.135. The number of rotatable bonds is 7. The highest BCUT2D eigenvalue weighted by atomic mass is 19.1. The molecular weight excluding hydrogens is 343 g/mol. The van der Waals surface area contributed by atoms with Gasteiger partial charge >= 0.3 is 0 Å². The van der Waals surface area contributed by atoms with Crippen LogP contribution in [0.4, 0.5) is 4.39 Å². The van der Waals surface area contributed by atoms with Gasteiger partial charge in [-0.3, -0.25) is 9.59 Å². The van der Waals surface area contributed by atoms with Gasteiger partial charge in [0.05, 0.1) is 6.04 Å². The van der Waals surface area contributed by atoms with E-state index in [1.807, 2.05) is 30.3 Å². The number of carbonyl (C=O) groups excluding carboxylic acids is 2. The Balaban J connectivity index is 1.61. The molecule has 1 unspecified atom stereocenters. The summed E-state index contributed by atoms with van der Waals surface area (Å²) >= 11 is 0. The largest absolute Gasteiger partial charge is 0.349 e. The second-order valence-electron chi connectivity index (χ2n) is 6.88. The molecule has 27 heavy (non-hydrogen) atoms. The summed E-state index contributed by atoms with van der Waals surface area (Å²) in [7, 11) is 0. The predicted molar refractivity (Wildman–Crippen MR) is 102 cm³/mol. The number of halogens is 1. The summed E-state index contributed by atoms with van der Waals surface area (Å²) in [5, 5.41) is 3.10. The molecule has 0 aliphatic carbocycles. The summed E-state index contributed by atoms with van der Waals surface area (Å²) in [4.78, 5) is 25.7. The first-order chi connectivity index (χ1) is 13.0. The summed E-state index contributed by atoms with van der Waals surface area (Å²) in [5.74, 6) is -0.231. The minimum Gasteiger partial charge on any atom is -0.349 e. The van der Waals surface area contributed by atoms with E-state index < -0.39 is 0 Å². The predicted octanol–water partition coefficient (Wildman–Crippen LogP) is 3.26. The van der Waals surface area contributed by atoms with E-state index in [1.54, 1.807) is 17.0 Å². The first kappa shape index (κ1) is 18.8. The van der Waals surface area contributed by atoms with Crippen molar-refractivity contribution in [1.82, 2.24) is 10.2 Å². The Morgan fingerprint density at radius 3 is 2.44 bits per heavy atom. The number of likely N-dealkylation sites (tertiary alicyclic amines) is 1. The van der Waals surface area contributed by atoms with Crippen LogP contribution >= 0.6 is 0 Å². The van der Waals surface area contributed by atoms with Crippen LogP contribution in [0.3, 0.4) is 0 Å². The molecule has 1 heterocycles. The van der Waals surface area contributed by atoms with Gasteiger partial charge in [0.25, 0.3) is 0 Å². The topological polar surface area (TPSA) is 49.4 Å². The lowest BCUT2D eigenvalue weighted by atomic mass is 9.94. The maximum Gasteiger partial charge on any atom is 0.245 e. The van der Waals surface area contributed by atoms with E-state index in [0.29, 0.717) is 25.9 Å². The average molecular weight is 366 g/mol. The van der Waals surface area contributed by atoms with Crippen molar-refractivity contribution in [3.8, 4) is 0 Å². The number of nitrogens with one attached hydrogen (secondary N) is 1. The van der Waals surface area contributed by atoms with Crippen molar-refractivity contribution in [2.75, 3.05) is 13.1 Å². The molecule has 1 aliphatic heterocycles. The Morgan fingerprint density at radius 1 is 1.15 bits per heavy atom. The van der Waals surface area contributed by atoms with Crippen molar-refractivity contribution in [2.45, 2.75) is 18.9 Å². The number of hydrogen-bond donors (Lipinski definition) is 1. The molecule has 1 saturated heterocycles. The summed E-state index contributed by atoms with van der Waals surface area (Å²) in [6, 6.07) is 15.9. The highest BCUT2D eigenvalue weighted by Crippen LogP contribution is 2.22. The van der Waals surface area contributed by atoms with Gasteiger partial charge in [-0.2, -0.15) is 0 Å². The van der Waals surface area contributed by atoms with Crippen molar-refractivity contribution in [3.63, 3.8) is 0 Å². The van der Waals surface area contributed by atoms with Crippen LogP contribution in [0, 0.1) is 11.7 Å². The Kier molecular flexibility index (Phi) is 6.01. The number of nitrogens with zero attached hydrogens (tertiary/aromatic N) is 1. The molecule has 0 aromatic heterocycles. The molecule has 140 valence electrons. The Hall–Kier alpha value is -2.95. The molecule has 0 bridgehead atoms. The quantitative estimate of drug-likeness (QED) is 0.765. The van der Waals surface area contributed by atoms with Crippen LogP contribution in [0.25, 0.3) is 0 Å². The molecule has 2 amide bonds. The van der Waals surface area contributed by atoms with Crippen molar-refractivity contribution >= 4 is 11.8 Å². The fourth-order valence-electron chi connectivity index (χ4n) is 3.32. The highest BCUT2D eigenvalue weighted by molar-refractivity contribution is 5.87. The van der Waals surface area contributed by atoms with E-state index in [9.17, 15) is 14.0 Å². The second-order valence-corrected chi connectivity index (χ2v) is 6.88. The molecule has 1 aliphatic rings. The number of amides is 2. The summed E-state index contributed by atoms with van der Waals surface area (Å²) in [6.07, 6.45) is 2.26. The fraction of sp³-hybridized carbons (Fsp3) is 0.273. The molecule has 0 radical (unpaired) electrons. The van der Waals surface area contributed by atoms with Gasteiger partial charge in [0, 0.05) is 25.4 Å². The Bertz CT molecular complexity index is 799. The summed E-state index contributed by atoms with van der Waals surface area (Å²) in [6.45, 7) is 4.65. The molecule has 1 N–H and O–H groups in total. The number of carbonyl (C=O) groups is 2. The SMILES string of the molecule is C=CC(=O)N1CC(CC(=O)NC(Cc2ccc(F)cc2)c2ccccc2)C1. The molecule has 4 nitrogen and oxygen atoms in total. The normalized spacial score (nSPS) is 14.9. The van der Waals surface area contributed by atoms with E-state index in [-0.39, 0.29) is 29.6 Å². The Labute approximate surface area is 158 Å². The highest BCUT2D eigenvalue weighted by Gasteiger charge is 2.31. The zero-order chi connectivity index (χ0) is 19.2. The molecule has 1 fully saturated rings. The summed E-state index contributed by atoms with van der Waals surface area (Å²) < 4.78 is 13.2. The average Bonchev–Trinajstić information content (AvgIpc) is 2.65. The zero-order valence-electron chi connectivity index (χ0n) is 15.1. The molecule has 0 saturated carbocycles. The third kappa shape index (κ3) is 5.03. The van der Waals surface area contributed by atoms with E-state index in [1.165, 1.54) is 18.2 Å². The van der Waals surface area contributed by atoms with Crippen LogP contribution in [0.1, 0.15) is 23.6 Å². The molecule has 0 spiro atoms. The monoisotopic (exact) mass is 366 g/mol. The van der Waals surface area contributed by atoms with Gasteiger partial charge < -0.3 is 10.2 Å². The maximum atomic E-state index is 13.2. The molecule has 1 atom stereocenters. The fourth-order valence-corrected chi connectivity index (χ4v) is 3.32. The first-order valence-electron chi connectivity index (χ1n) is 9.05. The van der Waals surface area contributed by atoms with Gasteiger partial charge in [0.15, 0.2) is 0 Å². The molecule has 5 heteroatoms. The second kappa shape index (κ2) is 8.62. The van der Waals surface area contributed by atoms with Gasteiger partial charge in [0.2, 0.25) is 11.8 Å². The number of hydrogen-bond acceptors (Lipinski definition) is 2. The van der Waals surface area contributed by atoms with E-state index >= 15 is 0 Å². The maximum absolute atomic E-state index is 13.2. The van der Waals surface area contributed by atoms with Crippen LogP contribution in [0.2, 0.25) is 0 Å².